The summed E-state index contributed by atoms with van der Waals surface area (Å²) >= 11 is 7.43. The number of rotatable bonds is 3. The molecule has 0 bridgehead atoms. The van der Waals surface area contributed by atoms with E-state index in [1.165, 1.54) is 11.3 Å². The van der Waals surface area contributed by atoms with Gasteiger partial charge in [-0.05, 0) is 45.3 Å². The summed E-state index contributed by atoms with van der Waals surface area (Å²) in [6, 6.07) is 7.09. The minimum atomic E-state index is -0.473. The maximum Gasteiger partial charge on any atom is 0.496 e. The molecule has 2 aromatic heterocycles. The van der Waals surface area contributed by atoms with Gasteiger partial charge in [0.25, 0.3) is 5.56 Å². The summed E-state index contributed by atoms with van der Waals surface area (Å²) in [6.07, 6.45) is 1.80. The molecule has 4 nitrogen and oxygen atoms in total. The quantitative estimate of drug-likeness (QED) is 0.798. The lowest BCUT2D eigenvalue weighted by molar-refractivity contribution is 0.00578. The molecule has 23 heavy (non-hydrogen) atoms. The lowest BCUT2D eigenvalue weighted by Crippen LogP contribution is -2.41. The van der Waals surface area contributed by atoms with Crippen LogP contribution in [-0.2, 0) is 15.9 Å². The lowest BCUT2D eigenvalue weighted by Gasteiger charge is -2.32. The summed E-state index contributed by atoms with van der Waals surface area (Å²) in [7, 11) is -0.473. The van der Waals surface area contributed by atoms with Crippen molar-refractivity contribution in [3.05, 3.63) is 50.0 Å². The minimum Gasteiger partial charge on any atom is -0.399 e. The van der Waals surface area contributed by atoms with Gasteiger partial charge >= 0.3 is 7.12 Å². The number of hydrogen-bond donors (Lipinski definition) is 0. The standard InChI is InChI=1S/C16H19BClNO3S/c1-15(2)16(3,4)22-17(21-15)11-5-8-14(20)19(9-11)10-12-6-7-13(18)23-12/h5-9H,10H2,1-4H3. The Morgan fingerprint density at radius 3 is 2.35 bits per heavy atom. The molecule has 0 unspecified atom stereocenters. The van der Waals surface area contributed by atoms with Gasteiger partial charge in [-0.2, -0.15) is 0 Å². The maximum absolute atomic E-state index is 12.1. The molecule has 2 aromatic rings. The molecule has 0 saturated carbocycles. The molecule has 1 aliphatic heterocycles. The van der Waals surface area contributed by atoms with Crippen LogP contribution in [0.1, 0.15) is 32.6 Å². The third-order valence-electron chi connectivity index (χ3n) is 4.49. The third-order valence-corrected chi connectivity index (χ3v) is 5.70. The molecule has 1 saturated heterocycles. The van der Waals surface area contributed by atoms with Crippen LogP contribution in [0.25, 0.3) is 0 Å². The van der Waals surface area contributed by atoms with Crippen molar-refractivity contribution in [1.82, 2.24) is 4.57 Å². The molecule has 0 spiro atoms. The van der Waals surface area contributed by atoms with E-state index in [9.17, 15) is 4.79 Å². The average Bonchev–Trinajstić information content (AvgIpc) is 2.93. The number of nitrogens with zero attached hydrogens (tertiary/aromatic N) is 1. The van der Waals surface area contributed by atoms with E-state index >= 15 is 0 Å². The van der Waals surface area contributed by atoms with Crippen LogP contribution in [0, 0.1) is 0 Å². The van der Waals surface area contributed by atoms with Crippen molar-refractivity contribution in [1.29, 1.82) is 0 Å². The van der Waals surface area contributed by atoms with Crippen molar-refractivity contribution in [2.24, 2.45) is 0 Å². The van der Waals surface area contributed by atoms with Crippen LogP contribution < -0.4 is 11.0 Å². The zero-order valence-corrected chi connectivity index (χ0v) is 15.2. The summed E-state index contributed by atoms with van der Waals surface area (Å²) in [4.78, 5) is 13.1. The van der Waals surface area contributed by atoms with Gasteiger partial charge in [-0.25, -0.2) is 0 Å². The zero-order valence-electron chi connectivity index (χ0n) is 13.6. The van der Waals surface area contributed by atoms with E-state index in [0.717, 1.165) is 14.7 Å². The topological polar surface area (TPSA) is 40.5 Å². The van der Waals surface area contributed by atoms with Crippen LogP contribution in [-0.4, -0.2) is 22.9 Å². The zero-order chi connectivity index (χ0) is 16.8. The van der Waals surface area contributed by atoms with Crippen molar-refractivity contribution in [3.8, 4) is 0 Å². The smallest absolute Gasteiger partial charge is 0.399 e. The van der Waals surface area contributed by atoms with Crippen LogP contribution in [0.4, 0.5) is 0 Å². The maximum atomic E-state index is 12.1. The van der Waals surface area contributed by atoms with Gasteiger partial charge in [0.05, 0.1) is 22.1 Å². The van der Waals surface area contributed by atoms with E-state index in [1.54, 1.807) is 22.9 Å². The fourth-order valence-electron chi connectivity index (χ4n) is 2.40. The van der Waals surface area contributed by atoms with Gasteiger partial charge in [0.15, 0.2) is 0 Å². The van der Waals surface area contributed by atoms with Gasteiger partial charge in [0.1, 0.15) is 0 Å². The molecule has 122 valence electrons. The second kappa shape index (κ2) is 5.78. The summed E-state index contributed by atoms with van der Waals surface area (Å²) < 4.78 is 14.5. The molecule has 0 aliphatic carbocycles. The first-order chi connectivity index (χ1) is 10.7. The molecule has 0 atom stereocenters. The van der Waals surface area contributed by atoms with Crippen LogP contribution in [0.2, 0.25) is 4.34 Å². The van der Waals surface area contributed by atoms with Crippen molar-refractivity contribution in [2.75, 3.05) is 0 Å². The van der Waals surface area contributed by atoms with E-state index in [4.69, 9.17) is 20.9 Å². The van der Waals surface area contributed by atoms with E-state index in [1.807, 2.05) is 39.8 Å². The minimum absolute atomic E-state index is 0.0604. The van der Waals surface area contributed by atoms with E-state index in [0.29, 0.717) is 6.54 Å². The molecule has 0 radical (unpaired) electrons. The molecule has 0 aromatic carbocycles. The second-order valence-corrected chi connectivity index (χ2v) is 8.52. The van der Waals surface area contributed by atoms with Gasteiger partial charge in [-0.15, -0.1) is 11.3 Å². The molecule has 3 rings (SSSR count). The first-order valence-electron chi connectivity index (χ1n) is 7.48. The molecular formula is C16H19BClNO3S. The highest BCUT2D eigenvalue weighted by Gasteiger charge is 2.51. The molecule has 1 aliphatic rings. The lowest BCUT2D eigenvalue weighted by atomic mass is 9.80. The molecule has 3 heterocycles. The highest BCUT2D eigenvalue weighted by Crippen LogP contribution is 2.36. The summed E-state index contributed by atoms with van der Waals surface area (Å²) in [6.45, 7) is 8.53. The van der Waals surface area contributed by atoms with E-state index in [2.05, 4.69) is 0 Å². The van der Waals surface area contributed by atoms with Crippen LogP contribution >= 0.6 is 22.9 Å². The predicted octanol–water partition coefficient (Wildman–Crippen LogP) is 2.91. The molecule has 0 amide bonds. The number of hydrogen-bond acceptors (Lipinski definition) is 4. The first kappa shape index (κ1) is 16.8. The van der Waals surface area contributed by atoms with Gasteiger partial charge in [0.2, 0.25) is 0 Å². The van der Waals surface area contributed by atoms with Crippen LogP contribution in [0.5, 0.6) is 0 Å². The van der Waals surface area contributed by atoms with Crippen LogP contribution in [0.3, 0.4) is 0 Å². The van der Waals surface area contributed by atoms with Crippen LogP contribution in [0.15, 0.2) is 35.3 Å². The van der Waals surface area contributed by atoms with Crippen molar-refractivity contribution < 1.29 is 9.31 Å². The highest BCUT2D eigenvalue weighted by molar-refractivity contribution is 7.16. The van der Waals surface area contributed by atoms with Gasteiger partial charge in [0, 0.05) is 17.1 Å². The number of aromatic nitrogens is 1. The Balaban J connectivity index is 1.88. The summed E-state index contributed by atoms with van der Waals surface area (Å²) in [5.41, 5.74) is -0.0273. The van der Waals surface area contributed by atoms with E-state index in [-0.39, 0.29) is 5.56 Å². The Kier molecular flexibility index (Phi) is 4.21. The van der Waals surface area contributed by atoms with Gasteiger partial charge in [-0.1, -0.05) is 17.7 Å². The number of thiophene rings is 1. The Morgan fingerprint density at radius 1 is 1.13 bits per heavy atom. The fourth-order valence-corrected chi connectivity index (χ4v) is 3.48. The number of pyridine rings is 1. The Hall–Kier alpha value is -1.08. The number of halogens is 1. The fraction of sp³-hybridized carbons (Fsp3) is 0.438. The Morgan fingerprint density at radius 2 is 1.78 bits per heavy atom. The first-order valence-corrected chi connectivity index (χ1v) is 8.68. The van der Waals surface area contributed by atoms with Gasteiger partial charge < -0.3 is 13.9 Å². The SMILES string of the molecule is CC1(C)OB(c2ccc(=O)n(Cc3ccc(Cl)s3)c2)OC1(C)C. The molecular weight excluding hydrogens is 333 g/mol. The predicted molar refractivity (Wildman–Crippen MR) is 94.8 cm³/mol. The highest BCUT2D eigenvalue weighted by atomic mass is 35.5. The summed E-state index contributed by atoms with van der Waals surface area (Å²) in [5.74, 6) is 0. The largest absolute Gasteiger partial charge is 0.496 e. The molecule has 0 N–H and O–H groups in total. The van der Waals surface area contributed by atoms with Crippen molar-refractivity contribution in [2.45, 2.75) is 45.4 Å². The summed E-state index contributed by atoms with van der Waals surface area (Å²) in [5, 5.41) is 0. The van der Waals surface area contributed by atoms with Gasteiger partial charge in [-0.3, -0.25) is 4.79 Å². The molecule has 7 heteroatoms. The Bertz CT molecular complexity index is 768. The normalized spacial score (nSPS) is 19.3. The Labute approximate surface area is 145 Å². The van der Waals surface area contributed by atoms with E-state index < -0.39 is 18.3 Å². The second-order valence-electron chi connectivity index (χ2n) is 6.72. The third kappa shape index (κ3) is 3.26. The van der Waals surface area contributed by atoms with Crippen molar-refractivity contribution >= 4 is 35.5 Å². The van der Waals surface area contributed by atoms with Crippen molar-refractivity contribution in [3.63, 3.8) is 0 Å². The average molecular weight is 352 g/mol. The molecule has 1 fully saturated rings. The monoisotopic (exact) mass is 351 g/mol.